The van der Waals surface area contributed by atoms with Gasteiger partial charge in [0.1, 0.15) is 6.10 Å². The minimum Gasteiger partial charge on any atom is -0.381 e. The average molecular weight is 254 g/mol. The molecule has 0 spiro atoms. The Morgan fingerprint density at radius 3 is 2.78 bits per heavy atom. The van der Waals surface area contributed by atoms with Crippen LogP contribution in [-0.2, 0) is 14.3 Å². The van der Waals surface area contributed by atoms with Crippen LogP contribution in [0.15, 0.2) is 0 Å². The van der Waals surface area contributed by atoms with Crippen LogP contribution < -0.4 is 5.32 Å². The summed E-state index contributed by atoms with van der Waals surface area (Å²) in [5.41, 5.74) is 0. The van der Waals surface area contributed by atoms with Gasteiger partial charge in [-0.1, -0.05) is 0 Å². The van der Waals surface area contributed by atoms with Crippen molar-refractivity contribution in [3.05, 3.63) is 0 Å². The summed E-state index contributed by atoms with van der Waals surface area (Å²) in [6.07, 6.45) is 3.11. The molecule has 0 radical (unpaired) electrons. The number of nitrogens with one attached hydrogen (secondary N) is 1. The Bertz CT molecular complexity index is 295. The van der Waals surface area contributed by atoms with Gasteiger partial charge in [-0.15, -0.1) is 0 Å². The van der Waals surface area contributed by atoms with Crippen molar-refractivity contribution in [3.8, 4) is 0 Å². The highest BCUT2D eigenvalue weighted by molar-refractivity contribution is 5.82. The van der Waals surface area contributed by atoms with Crippen molar-refractivity contribution in [2.24, 2.45) is 5.92 Å². The first-order valence-corrected chi connectivity index (χ1v) is 7.05. The van der Waals surface area contributed by atoms with Crippen LogP contribution >= 0.6 is 0 Å². The predicted molar refractivity (Wildman–Crippen MR) is 66.3 cm³/mol. The lowest BCUT2D eigenvalue weighted by Crippen LogP contribution is -2.51. The van der Waals surface area contributed by atoms with E-state index in [1.54, 1.807) is 0 Å². The molecule has 0 bridgehead atoms. The fourth-order valence-electron chi connectivity index (χ4n) is 2.72. The molecule has 2 atom stereocenters. The molecule has 5 nitrogen and oxygen atoms in total. The van der Waals surface area contributed by atoms with E-state index in [-0.39, 0.29) is 12.0 Å². The predicted octanol–water partition coefficient (Wildman–Crippen LogP) is 0.00230. The number of amides is 1. The van der Waals surface area contributed by atoms with Crippen molar-refractivity contribution in [3.63, 3.8) is 0 Å². The maximum atomic E-state index is 12.5. The van der Waals surface area contributed by atoms with Gasteiger partial charge >= 0.3 is 0 Å². The highest BCUT2D eigenvalue weighted by atomic mass is 16.5. The van der Waals surface area contributed by atoms with E-state index in [1.807, 2.05) is 0 Å². The van der Waals surface area contributed by atoms with Gasteiger partial charge in [-0.3, -0.25) is 4.79 Å². The Morgan fingerprint density at radius 2 is 2.17 bits per heavy atom. The maximum Gasteiger partial charge on any atom is 0.253 e. The van der Waals surface area contributed by atoms with Gasteiger partial charge in [0.25, 0.3) is 5.91 Å². The molecule has 3 aliphatic rings. The second kappa shape index (κ2) is 5.55. The van der Waals surface area contributed by atoms with Gasteiger partial charge < -0.3 is 19.7 Å². The summed E-state index contributed by atoms with van der Waals surface area (Å²) < 4.78 is 11.0. The van der Waals surface area contributed by atoms with Gasteiger partial charge in [-0.05, 0) is 19.3 Å². The lowest BCUT2D eigenvalue weighted by atomic mass is 10.1. The zero-order valence-corrected chi connectivity index (χ0v) is 10.8. The van der Waals surface area contributed by atoms with Gasteiger partial charge in [-0.25, -0.2) is 0 Å². The van der Waals surface area contributed by atoms with Crippen LogP contribution in [0.2, 0.25) is 0 Å². The number of hydrogen-bond donors (Lipinski definition) is 1. The third kappa shape index (κ3) is 2.84. The van der Waals surface area contributed by atoms with Crippen molar-refractivity contribution >= 4 is 5.91 Å². The lowest BCUT2D eigenvalue weighted by Gasteiger charge is -2.31. The van der Waals surface area contributed by atoms with Gasteiger partial charge in [0.15, 0.2) is 0 Å². The van der Waals surface area contributed by atoms with Crippen LogP contribution in [0.3, 0.4) is 0 Å². The van der Waals surface area contributed by atoms with Gasteiger partial charge in [-0.2, -0.15) is 0 Å². The topological polar surface area (TPSA) is 50.8 Å². The summed E-state index contributed by atoms with van der Waals surface area (Å²) in [6.45, 7) is 4.65. The minimum absolute atomic E-state index is 0.177. The Balaban J connectivity index is 1.59. The van der Waals surface area contributed by atoms with Crippen LogP contribution in [0.25, 0.3) is 0 Å². The zero-order chi connectivity index (χ0) is 12.4. The van der Waals surface area contributed by atoms with Gasteiger partial charge in [0, 0.05) is 38.2 Å². The van der Waals surface area contributed by atoms with E-state index >= 15 is 0 Å². The quantitative estimate of drug-likeness (QED) is 0.767. The van der Waals surface area contributed by atoms with Crippen LogP contribution in [-0.4, -0.2) is 62.4 Å². The van der Waals surface area contributed by atoms with Crippen LogP contribution in [0, 0.1) is 5.92 Å². The van der Waals surface area contributed by atoms with E-state index < -0.39 is 0 Å². The summed E-state index contributed by atoms with van der Waals surface area (Å²) in [5, 5.41) is 3.23. The third-order valence-corrected chi connectivity index (χ3v) is 3.95. The molecule has 2 unspecified atom stereocenters. The molecule has 3 fully saturated rings. The van der Waals surface area contributed by atoms with Crippen LogP contribution in [0.1, 0.15) is 19.3 Å². The first-order valence-electron chi connectivity index (χ1n) is 7.05. The molecule has 1 N–H and O–H groups in total. The Labute approximate surface area is 108 Å². The number of hydrogen-bond acceptors (Lipinski definition) is 4. The molecule has 0 aromatic carbocycles. The molecule has 1 aliphatic carbocycles. The molecule has 18 heavy (non-hydrogen) atoms. The number of carbonyl (C=O) groups is 1. The first-order chi connectivity index (χ1) is 8.84. The van der Waals surface area contributed by atoms with E-state index in [0.717, 1.165) is 45.6 Å². The van der Waals surface area contributed by atoms with Crippen molar-refractivity contribution in [2.75, 3.05) is 39.5 Å². The Hall–Kier alpha value is -0.650. The third-order valence-electron chi connectivity index (χ3n) is 3.95. The number of rotatable bonds is 4. The van der Waals surface area contributed by atoms with Crippen molar-refractivity contribution < 1.29 is 14.3 Å². The highest BCUT2D eigenvalue weighted by Crippen LogP contribution is 2.29. The molecule has 102 valence electrons. The fraction of sp³-hybridized carbons (Fsp3) is 0.923. The molecule has 5 heteroatoms. The molecular formula is C13H22N2O3. The molecule has 3 rings (SSSR count). The van der Waals surface area contributed by atoms with E-state index in [0.29, 0.717) is 25.1 Å². The summed E-state index contributed by atoms with van der Waals surface area (Å²) in [7, 11) is 0. The van der Waals surface area contributed by atoms with Gasteiger partial charge in [0.05, 0.1) is 13.2 Å². The number of ether oxygens (including phenoxy) is 2. The molecule has 2 heterocycles. The largest absolute Gasteiger partial charge is 0.381 e. The maximum absolute atomic E-state index is 12.5. The van der Waals surface area contributed by atoms with Gasteiger partial charge in [0.2, 0.25) is 0 Å². The summed E-state index contributed by atoms with van der Waals surface area (Å²) >= 11 is 0. The summed E-state index contributed by atoms with van der Waals surface area (Å²) in [5.74, 6) is 0.697. The standard InChI is InChI=1S/C13H22N2O3/c16-13(12-7-14-4-6-18-12)15(11-1-2-11)8-10-3-5-17-9-10/h10-12,14H,1-9H2. The lowest BCUT2D eigenvalue weighted by molar-refractivity contribution is -0.146. The SMILES string of the molecule is O=C(C1CNCCO1)N(CC1CCOC1)C1CC1. The summed E-state index contributed by atoms with van der Waals surface area (Å²) in [4.78, 5) is 14.5. The molecule has 2 saturated heterocycles. The Morgan fingerprint density at radius 1 is 1.28 bits per heavy atom. The molecule has 1 amide bonds. The Kier molecular flexibility index (Phi) is 3.82. The van der Waals surface area contributed by atoms with E-state index in [1.165, 1.54) is 0 Å². The first kappa shape index (κ1) is 12.4. The monoisotopic (exact) mass is 254 g/mol. The van der Waals surface area contributed by atoms with Crippen molar-refractivity contribution in [1.29, 1.82) is 0 Å². The smallest absolute Gasteiger partial charge is 0.253 e. The van der Waals surface area contributed by atoms with Crippen LogP contribution in [0.5, 0.6) is 0 Å². The fourth-order valence-corrected chi connectivity index (χ4v) is 2.72. The average Bonchev–Trinajstić information content (AvgIpc) is 3.13. The second-order valence-corrected chi connectivity index (χ2v) is 5.51. The highest BCUT2D eigenvalue weighted by Gasteiger charge is 2.38. The number of nitrogens with zero attached hydrogens (tertiary/aromatic N) is 1. The normalized spacial score (nSPS) is 32.4. The number of morpholine rings is 1. The van der Waals surface area contributed by atoms with Crippen molar-refractivity contribution in [2.45, 2.75) is 31.4 Å². The summed E-state index contributed by atoms with van der Waals surface area (Å²) in [6, 6.07) is 0.462. The van der Waals surface area contributed by atoms with E-state index in [9.17, 15) is 4.79 Å². The molecule has 1 saturated carbocycles. The molecule has 0 aromatic heterocycles. The minimum atomic E-state index is -0.276. The molecule has 2 aliphatic heterocycles. The van der Waals surface area contributed by atoms with Crippen LogP contribution in [0.4, 0.5) is 0 Å². The molecular weight excluding hydrogens is 232 g/mol. The number of carbonyl (C=O) groups excluding carboxylic acids is 1. The van der Waals surface area contributed by atoms with Crippen molar-refractivity contribution in [1.82, 2.24) is 10.2 Å². The van der Waals surface area contributed by atoms with E-state index in [4.69, 9.17) is 9.47 Å². The molecule has 0 aromatic rings. The second-order valence-electron chi connectivity index (χ2n) is 5.51. The van der Waals surface area contributed by atoms with E-state index in [2.05, 4.69) is 10.2 Å². The zero-order valence-electron chi connectivity index (χ0n) is 10.8.